The van der Waals surface area contributed by atoms with Crippen LogP contribution in [0.3, 0.4) is 0 Å². The highest BCUT2D eigenvalue weighted by molar-refractivity contribution is 6.04. The lowest BCUT2D eigenvalue weighted by molar-refractivity contribution is 0.130. The maximum absolute atomic E-state index is 10.4. The van der Waals surface area contributed by atoms with Crippen LogP contribution in [0, 0.1) is 0 Å². The number of pyridine rings is 1. The molecule has 1 fully saturated rings. The number of hydrogen-bond donors (Lipinski definition) is 2. The SMILES string of the molecule is O/N=C1/CCc2cc(-c3cn([C@@H]4CCC[C@@H]4O)nc3-c3ccncc3)ccc21. The summed E-state index contributed by atoms with van der Waals surface area (Å²) in [6, 6.07) is 10.2. The number of aliphatic hydroxyl groups excluding tert-OH is 1. The zero-order valence-corrected chi connectivity index (χ0v) is 15.5. The van der Waals surface area contributed by atoms with Crippen LogP contribution in [0.25, 0.3) is 22.4 Å². The molecule has 2 aliphatic carbocycles. The second kappa shape index (κ2) is 6.87. The minimum atomic E-state index is -0.346. The summed E-state index contributed by atoms with van der Waals surface area (Å²) in [6.45, 7) is 0. The van der Waals surface area contributed by atoms with Gasteiger partial charge in [-0.3, -0.25) is 9.67 Å². The van der Waals surface area contributed by atoms with Gasteiger partial charge in [-0.25, -0.2) is 0 Å². The van der Waals surface area contributed by atoms with Crippen LogP contribution < -0.4 is 0 Å². The van der Waals surface area contributed by atoms with Crippen LogP contribution in [0.15, 0.2) is 54.1 Å². The minimum absolute atomic E-state index is 0.0249. The van der Waals surface area contributed by atoms with Crippen LogP contribution in [-0.4, -0.2) is 36.9 Å². The number of aliphatic hydroxyl groups is 1. The van der Waals surface area contributed by atoms with Crippen LogP contribution in [0.5, 0.6) is 0 Å². The van der Waals surface area contributed by atoms with Gasteiger partial charge in [-0.2, -0.15) is 5.10 Å². The molecule has 3 aromatic rings. The third-order valence-electron chi connectivity index (χ3n) is 5.95. The molecule has 2 aromatic heterocycles. The maximum atomic E-state index is 10.4. The van der Waals surface area contributed by atoms with Gasteiger partial charge in [0.25, 0.3) is 0 Å². The smallest absolute Gasteiger partial charge is 0.100 e. The van der Waals surface area contributed by atoms with Crippen LogP contribution in [0.1, 0.15) is 42.9 Å². The molecule has 6 heteroatoms. The van der Waals surface area contributed by atoms with Gasteiger partial charge >= 0.3 is 0 Å². The third kappa shape index (κ3) is 2.81. The topological polar surface area (TPSA) is 83.5 Å². The fraction of sp³-hybridized carbons (Fsp3) is 0.318. The lowest BCUT2D eigenvalue weighted by atomic mass is 9.98. The lowest BCUT2D eigenvalue weighted by Gasteiger charge is -2.14. The van der Waals surface area contributed by atoms with E-state index < -0.39 is 0 Å². The van der Waals surface area contributed by atoms with Crippen molar-refractivity contribution in [3.63, 3.8) is 0 Å². The van der Waals surface area contributed by atoms with E-state index in [0.29, 0.717) is 0 Å². The molecular formula is C22H22N4O2. The molecule has 5 rings (SSSR count). The Morgan fingerprint density at radius 3 is 2.61 bits per heavy atom. The summed E-state index contributed by atoms with van der Waals surface area (Å²) in [4.78, 5) is 4.12. The van der Waals surface area contributed by atoms with Crippen molar-refractivity contribution in [2.75, 3.05) is 0 Å². The quantitative estimate of drug-likeness (QED) is 0.539. The molecular weight excluding hydrogens is 352 g/mol. The van der Waals surface area contributed by atoms with E-state index in [2.05, 4.69) is 28.5 Å². The summed E-state index contributed by atoms with van der Waals surface area (Å²) in [7, 11) is 0. The van der Waals surface area contributed by atoms with Crippen LogP contribution in [-0.2, 0) is 6.42 Å². The number of aryl methyl sites for hydroxylation is 1. The van der Waals surface area contributed by atoms with E-state index in [-0.39, 0.29) is 12.1 Å². The van der Waals surface area contributed by atoms with Gasteiger partial charge in [-0.15, -0.1) is 0 Å². The fourth-order valence-corrected chi connectivity index (χ4v) is 4.47. The van der Waals surface area contributed by atoms with Gasteiger partial charge < -0.3 is 10.3 Å². The number of oxime groups is 1. The van der Waals surface area contributed by atoms with Gasteiger partial charge in [-0.1, -0.05) is 23.4 Å². The van der Waals surface area contributed by atoms with Gasteiger partial charge in [-0.05, 0) is 55.4 Å². The Morgan fingerprint density at radius 1 is 1.00 bits per heavy atom. The monoisotopic (exact) mass is 374 g/mol. The summed E-state index contributed by atoms with van der Waals surface area (Å²) in [5, 5.41) is 27.9. The van der Waals surface area contributed by atoms with Gasteiger partial charge in [0.05, 0.1) is 17.9 Å². The second-order valence-electron chi connectivity index (χ2n) is 7.59. The molecule has 2 N–H and O–H groups in total. The average Bonchev–Trinajstić information content (AvgIpc) is 3.45. The first-order valence-corrected chi connectivity index (χ1v) is 9.77. The Bertz CT molecular complexity index is 1040. The maximum Gasteiger partial charge on any atom is 0.100 e. The first-order valence-electron chi connectivity index (χ1n) is 9.77. The van der Waals surface area contributed by atoms with E-state index >= 15 is 0 Å². The van der Waals surface area contributed by atoms with E-state index in [9.17, 15) is 10.3 Å². The zero-order chi connectivity index (χ0) is 19.1. The van der Waals surface area contributed by atoms with Crippen LogP contribution >= 0.6 is 0 Å². The van der Waals surface area contributed by atoms with Crippen LogP contribution in [0.2, 0.25) is 0 Å². The summed E-state index contributed by atoms with van der Waals surface area (Å²) >= 11 is 0. The Kier molecular flexibility index (Phi) is 4.20. The highest BCUT2D eigenvalue weighted by Crippen LogP contribution is 2.37. The van der Waals surface area contributed by atoms with Crippen molar-refractivity contribution in [3.8, 4) is 22.4 Å². The van der Waals surface area contributed by atoms with E-state index in [1.165, 1.54) is 5.56 Å². The molecule has 0 saturated heterocycles. The average molecular weight is 374 g/mol. The van der Waals surface area contributed by atoms with Gasteiger partial charge in [0.2, 0.25) is 0 Å². The number of hydrogen-bond acceptors (Lipinski definition) is 5. The zero-order valence-electron chi connectivity index (χ0n) is 15.5. The molecule has 0 bridgehead atoms. The van der Waals surface area contributed by atoms with Crippen molar-refractivity contribution in [1.29, 1.82) is 0 Å². The molecule has 142 valence electrons. The van der Waals surface area contributed by atoms with Crippen molar-refractivity contribution in [2.24, 2.45) is 5.16 Å². The summed E-state index contributed by atoms with van der Waals surface area (Å²) in [5.41, 5.74) is 7.01. The predicted molar refractivity (Wildman–Crippen MR) is 106 cm³/mol. The molecule has 28 heavy (non-hydrogen) atoms. The summed E-state index contributed by atoms with van der Waals surface area (Å²) in [6.07, 6.45) is 9.69. The van der Waals surface area contributed by atoms with Gasteiger partial charge in [0, 0.05) is 35.3 Å². The number of fused-ring (bicyclic) bond motifs is 1. The number of benzene rings is 1. The van der Waals surface area contributed by atoms with Gasteiger partial charge in [0.1, 0.15) is 5.69 Å². The summed E-state index contributed by atoms with van der Waals surface area (Å²) < 4.78 is 1.94. The van der Waals surface area contributed by atoms with Gasteiger partial charge in [0.15, 0.2) is 0 Å². The Labute approximate surface area is 163 Å². The van der Waals surface area contributed by atoms with Crippen LogP contribution in [0.4, 0.5) is 0 Å². The molecule has 0 aliphatic heterocycles. The first-order chi connectivity index (χ1) is 13.7. The lowest BCUT2D eigenvalue weighted by Crippen LogP contribution is -2.18. The standard InChI is InChI=1S/C22H22N4O2/c27-21-3-1-2-20(21)26-13-18(22(24-26)14-8-10-23-11-9-14)16-4-6-17-15(12-16)5-7-19(17)25-28/h4,6,8-13,20-21,27-28H,1-3,5,7H2/b25-19-/t20-,21+/m1/s1. The largest absolute Gasteiger partial charge is 0.411 e. The summed E-state index contributed by atoms with van der Waals surface area (Å²) in [5.74, 6) is 0. The predicted octanol–water partition coefficient (Wildman–Crippen LogP) is 3.82. The molecule has 6 nitrogen and oxygen atoms in total. The van der Waals surface area contributed by atoms with E-state index in [1.54, 1.807) is 12.4 Å². The molecule has 0 amide bonds. The second-order valence-corrected chi connectivity index (χ2v) is 7.59. The molecule has 2 aliphatic rings. The van der Waals surface area contributed by atoms with Crippen molar-refractivity contribution >= 4 is 5.71 Å². The molecule has 0 radical (unpaired) electrons. The molecule has 0 spiro atoms. The molecule has 0 unspecified atom stereocenters. The van der Waals surface area contributed by atoms with Crippen molar-refractivity contribution in [3.05, 3.63) is 60.0 Å². The normalized spacial score (nSPS) is 22.7. The molecule has 1 aromatic carbocycles. The minimum Gasteiger partial charge on any atom is -0.411 e. The Morgan fingerprint density at radius 2 is 1.86 bits per heavy atom. The molecule has 1 saturated carbocycles. The van der Waals surface area contributed by atoms with E-state index in [4.69, 9.17) is 5.10 Å². The fourth-order valence-electron chi connectivity index (χ4n) is 4.47. The number of aromatic nitrogens is 3. The Balaban J connectivity index is 1.63. The number of nitrogens with zero attached hydrogens (tertiary/aromatic N) is 4. The highest BCUT2D eigenvalue weighted by Gasteiger charge is 2.29. The van der Waals surface area contributed by atoms with E-state index in [1.807, 2.05) is 22.9 Å². The molecule has 2 atom stereocenters. The van der Waals surface area contributed by atoms with Crippen molar-refractivity contribution in [1.82, 2.24) is 14.8 Å². The molecule has 2 heterocycles. The number of rotatable bonds is 3. The highest BCUT2D eigenvalue weighted by atomic mass is 16.4. The van der Waals surface area contributed by atoms with Crippen molar-refractivity contribution in [2.45, 2.75) is 44.2 Å². The Hall–Kier alpha value is -2.99. The van der Waals surface area contributed by atoms with E-state index in [0.717, 1.165) is 65.8 Å². The first kappa shape index (κ1) is 17.1. The third-order valence-corrected chi connectivity index (χ3v) is 5.95. The van der Waals surface area contributed by atoms with Crippen molar-refractivity contribution < 1.29 is 10.3 Å².